The number of aliphatic hydroxyl groups excluding tert-OH is 1. The second-order valence-corrected chi connectivity index (χ2v) is 5.10. The quantitative estimate of drug-likeness (QED) is 0.440. The van der Waals surface area contributed by atoms with Crippen LogP contribution in [0.15, 0.2) is 18.2 Å². The number of nitrogens with one attached hydrogen (secondary N) is 1. The summed E-state index contributed by atoms with van der Waals surface area (Å²) in [5.74, 6) is 0.429. The third-order valence-electron chi connectivity index (χ3n) is 3.58. The van der Waals surface area contributed by atoms with Crippen molar-refractivity contribution in [3.05, 3.63) is 28.3 Å². The van der Waals surface area contributed by atoms with E-state index < -0.39 is 4.92 Å². The first-order chi connectivity index (χ1) is 9.06. The highest BCUT2D eigenvalue weighted by molar-refractivity contribution is 5.69. The standard InChI is InChI=1S/C13H19N3O3/c14-12-7-10(16(18)19)4-5-13(12)15-8-9-2-1-3-11(17)6-9/h4-5,7,9,11,15,17H,1-3,6,8,14H2. The number of nitrogens with two attached hydrogens (primary N) is 1. The normalized spacial score (nSPS) is 23.0. The maximum Gasteiger partial charge on any atom is 0.271 e. The molecule has 0 bridgehead atoms. The number of nitro benzene ring substituents is 1. The zero-order valence-electron chi connectivity index (χ0n) is 10.7. The van der Waals surface area contributed by atoms with Crippen LogP contribution in [0.1, 0.15) is 25.7 Å². The minimum atomic E-state index is -0.461. The van der Waals surface area contributed by atoms with Crippen molar-refractivity contribution in [1.82, 2.24) is 0 Å². The average molecular weight is 265 g/mol. The van der Waals surface area contributed by atoms with Gasteiger partial charge in [-0.1, -0.05) is 6.42 Å². The van der Waals surface area contributed by atoms with Gasteiger partial charge in [0.25, 0.3) is 5.69 Å². The Kier molecular flexibility index (Phi) is 4.21. The molecule has 19 heavy (non-hydrogen) atoms. The lowest BCUT2D eigenvalue weighted by molar-refractivity contribution is -0.384. The van der Waals surface area contributed by atoms with E-state index in [0.29, 0.717) is 17.3 Å². The monoisotopic (exact) mass is 265 g/mol. The summed E-state index contributed by atoms with van der Waals surface area (Å²) in [6, 6.07) is 4.43. The van der Waals surface area contributed by atoms with Crippen LogP contribution in [0.5, 0.6) is 0 Å². The van der Waals surface area contributed by atoms with Gasteiger partial charge in [-0.2, -0.15) is 0 Å². The highest BCUT2D eigenvalue weighted by Crippen LogP contribution is 2.27. The Morgan fingerprint density at radius 1 is 1.47 bits per heavy atom. The van der Waals surface area contributed by atoms with E-state index in [1.807, 2.05) is 0 Å². The first-order valence-corrected chi connectivity index (χ1v) is 6.52. The van der Waals surface area contributed by atoms with Gasteiger partial charge in [-0.15, -0.1) is 0 Å². The molecule has 104 valence electrons. The van der Waals surface area contributed by atoms with E-state index in [4.69, 9.17) is 5.73 Å². The summed E-state index contributed by atoms with van der Waals surface area (Å²) < 4.78 is 0. The Morgan fingerprint density at radius 2 is 2.26 bits per heavy atom. The molecule has 0 aromatic heterocycles. The number of nitrogen functional groups attached to an aromatic ring is 1. The molecule has 1 aliphatic carbocycles. The molecule has 4 N–H and O–H groups in total. The molecule has 0 amide bonds. The SMILES string of the molecule is Nc1cc([N+](=O)[O-])ccc1NCC1CCCC(O)C1. The van der Waals surface area contributed by atoms with Crippen molar-refractivity contribution in [3.8, 4) is 0 Å². The summed E-state index contributed by atoms with van der Waals surface area (Å²) in [5, 5.41) is 23.4. The van der Waals surface area contributed by atoms with Crippen molar-refractivity contribution in [2.75, 3.05) is 17.6 Å². The number of nitro groups is 1. The number of hydrogen-bond donors (Lipinski definition) is 3. The summed E-state index contributed by atoms with van der Waals surface area (Å²) in [6.07, 6.45) is 3.63. The van der Waals surface area contributed by atoms with Crippen molar-refractivity contribution in [1.29, 1.82) is 0 Å². The Bertz CT molecular complexity index is 464. The van der Waals surface area contributed by atoms with Crippen LogP contribution < -0.4 is 11.1 Å². The first kappa shape index (κ1) is 13.6. The lowest BCUT2D eigenvalue weighted by atomic mass is 9.87. The van der Waals surface area contributed by atoms with E-state index in [1.165, 1.54) is 12.1 Å². The van der Waals surface area contributed by atoms with Crippen LogP contribution in [0, 0.1) is 16.0 Å². The molecule has 0 spiro atoms. The van der Waals surface area contributed by atoms with Crippen LogP contribution in [-0.2, 0) is 0 Å². The van der Waals surface area contributed by atoms with Crippen LogP contribution in [0.2, 0.25) is 0 Å². The predicted molar refractivity (Wildman–Crippen MR) is 74.0 cm³/mol. The molecule has 1 aromatic carbocycles. The third-order valence-corrected chi connectivity index (χ3v) is 3.58. The molecule has 0 aliphatic heterocycles. The topological polar surface area (TPSA) is 101 Å². The van der Waals surface area contributed by atoms with Crippen LogP contribution in [0.25, 0.3) is 0 Å². The van der Waals surface area contributed by atoms with Gasteiger partial charge in [0, 0.05) is 18.7 Å². The van der Waals surface area contributed by atoms with Crippen LogP contribution in [0.3, 0.4) is 0 Å². The first-order valence-electron chi connectivity index (χ1n) is 6.52. The maximum absolute atomic E-state index is 10.6. The Balaban J connectivity index is 1.94. The molecular weight excluding hydrogens is 246 g/mol. The van der Waals surface area contributed by atoms with E-state index in [1.54, 1.807) is 6.07 Å². The molecule has 2 atom stereocenters. The van der Waals surface area contributed by atoms with Crippen molar-refractivity contribution in [2.24, 2.45) is 5.92 Å². The van der Waals surface area contributed by atoms with Crippen molar-refractivity contribution in [3.63, 3.8) is 0 Å². The predicted octanol–water partition coefficient (Wildman–Crippen LogP) is 2.14. The average Bonchev–Trinajstić information content (AvgIpc) is 2.37. The van der Waals surface area contributed by atoms with Gasteiger partial charge in [0.15, 0.2) is 0 Å². The molecule has 1 aromatic rings. The van der Waals surface area contributed by atoms with E-state index in [9.17, 15) is 15.2 Å². The molecule has 2 rings (SSSR count). The van der Waals surface area contributed by atoms with Gasteiger partial charge in [0.1, 0.15) is 0 Å². The zero-order chi connectivity index (χ0) is 13.8. The highest BCUT2D eigenvalue weighted by Gasteiger charge is 2.20. The molecule has 0 radical (unpaired) electrons. The molecular formula is C13H19N3O3. The largest absolute Gasteiger partial charge is 0.397 e. The summed E-state index contributed by atoms with van der Waals surface area (Å²) >= 11 is 0. The van der Waals surface area contributed by atoms with Gasteiger partial charge in [-0.05, 0) is 31.2 Å². The summed E-state index contributed by atoms with van der Waals surface area (Å²) in [5.41, 5.74) is 6.88. The number of non-ortho nitro benzene ring substituents is 1. The molecule has 1 aliphatic rings. The fraction of sp³-hybridized carbons (Fsp3) is 0.538. The summed E-state index contributed by atoms with van der Waals surface area (Å²) in [4.78, 5) is 10.1. The van der Waals surface area contributed by atoms with Gasteiger partial charge in [0.2, 0.25) is 0 Å². The minimum absolute atomic E-state index is 0.00358. The van der Waals surface area contributed by atoms with Gasteiger partial charge in [0.05, 0.1) is 22.4 Å². The lowest BCUT2D eigenvalue weighted by Gasteiger charge is -2.26. The van der Waals surface area contributed by atoms with Crippen LogP contribution in [0.4, 0.5) is 17.1 Å². The molecule has 1 saturated carbocycles. The second-order valence-electron chi connectivity index (χ2n) is 5.10. The van der Waals surface area contributed by atoms with E-state index >= 15 is 0 Å². The van der Waals surface area contributed by atoms with Crippen molar-refractivity contribution < 1.29 is 10.0 Å². The molecule has 1 fully saturated rings. The van der Waals surface area contributed by atoms with Gasteiger partial charge < -0.3 is 16.2 Å². The van der Waals surface area contributed by atoms with Gasteiger partial charge in [-0.25, -0.2) is 0 Å². The second kappa shape index (κ2) is 5.88. The Morgan fingerprint density at radius 3 is 2.89 bits per heavy atom. The van der Waals surface area contributed by atoms with Crippen molar-refractivity contribution >= 4 is 17.1 Å². The fourth-order valence-corrected chi connectivity index (χ4v) is 2.53. The zero-order valence-corrected chi connectivity index (χ0v) is 10.7. The van der Waals surface area contributed by atoms with E-state index in [2.05, 4.69) is 5.32 Å². The van der Waals surface area contributed by atoms with Crippen molar-refractivity contribution in [2.45, 2.75) is 31.8 Å². The summed E-state index contributed by atoms with van der Waals surface area (Å²) in [6.45, 7) is 0.735. The molecule has 6 heteroatoms. The number of hydrogen-bond acceptors (Lipinski definition) is 5. The molecule has 2 unspecified atom stereocenters. The van der Waals surface area contributed by atoms with E-state index in [-0.39, 0.29) is 11.8 Å². The molecule has 6 nitrogen and oxygen atoms in total. The number of anilines is 2. The lowest BCUT2D eigenvalue weighted by Crippen LogP contribution is -2.25. The van der Waals surface area contributed by atoms with Gasteiger partial charge in [-0.3, -0.25) is 10.1 Å². The number of nitrogens with zero attached hydrogens (tertiary/aromatic N) is 1. The van der Waals surface area contributed by atoms with Crippen LogP contribution >= 0.6 is 0 Å². The summed E-state index contributed by atoms with van der Waals surface area (Å²) in [7, 11) is 0. The smallest absolute Gasteiger partial charge is 0.271 e. The Hall–Kier alpha value is -1.82. The molecule has 0 saturated heterocycles. The van der Waals surface area contributed by atoms with E-state index in [0.717, 1.165) is 32.2 Å². The number of benzene rings is 1. The third kappa shape index (κ3) is 3.57. The minimum Gasteiger partial charge on any atom is -0.397 e. The highest BCUT2D eigenvalue weighted by atomic mass is 16.6. The Labute approximate surface area is 111 Å². The molecule has 0 heterocycles. The fourth-order valence-electron chi connectivity index (χ4n) is 2.53. The number of aliphatic hydroxyl groups is 1. The van der Waals surface area contributed by atoms with Gasteiger partial charge >= 0.3 is 0 Å². The van der Waals surface area contributed by atoms with Crippen LogP contribution in [-0.4, -0.2) is 22.7 Å². The maximum atomic E-state index is 10.6. The number of rotatable bonds is 4.